The summed E-state index contributed by atoms with van der Waals surface area (Å²) in [5.41, 5.74) is 4.95. The van der Waals surface area contributed by atoms with Gasteiger partial charge in [-0.1, -0.05) is 48.0 Å². The summed E-state index contributed by atoms with van der Waals surface area (Å²) in [5, 5.41) is 4.01. The molecule has 0 saturated carbocycles. The fraction of sp³-hybridized carbons (Fsp3) is 0.273. The standard InChI is InChI=1S/C22H23ClN4O/c1-15-12-16(2)21(18(23)13-15)26-22-24-19(17-6-4-3-5-7-17)14-20(25-22)27-8-10-28-11-9-27/h3-7,12-14H,8-11H2,1-2H3,(H,24,25,26). The van der Waals surface area contributed by atoms with Crippen molar-refractivity contribution >= 4 is 29.1 Å². The van der Waals surface area contributed by atoms with Crippen LogP contribution in [0.25, 0.3) is 11.3 Å². The van der Waals surface area contributed by atoms with E-state index in [0.717, 1.165) is 47.0 Å². The number of halogens is 1. The zero-order chi connectivity index (χ0) is 19.5. The summed E-state index contributed by atoms with van der Waals surface area (Å²) in [4.78, 5) is 11.8. The van der Waals surface area contributed by atoms with E-state index in [0.29, 0.717) is 24.2 Å². The number of aryl methyl sites for hydroxylation is 2. The molecule has 2 heterocycles. The highest BCUT2D eigenvalue weighted by Crippen LogP contribution is 2.31. The van der Waals surface area contributed by atoms with Crippen LogP contribution in [-0.4, -0.2) is 36.3 Å². The lowest BCUT2D eigenvalue weighted by Crippen LogP contribution is -2.36. The Bertz CT molecular complexity index is 949. The molecular weight excluding hydrogens is 372 g/mol. The third-order valence-corrected chi connectivity index (χ3v) is 5.08. The van der Waals surface area contributed by atoms with Crippen LogP contribution >= 0.6 is 11.6 Å². The molecule has 1 fully saturated rings. The molecule has 5 nitrogen and oxygen atoms in total. The van der Waals surface area contributed by atoms with Gasteiger partial charge in [-0.3, -0.25) is 0 Å². The van der Waals surface area contributed by atoms with E-state index in [4.69, 9.17) is 26.3 Å². The summed E-state index contributed by atoms with van der Waals surface area (Å²) in [6.45, 7) is 7.10. The number of rotatable bonds is 4. The Balaban J connectivity index is 1.75. The largest absolute Gasteiger partial charge is 0.378 e. The van der Waals surface area contributed by atoms with Crippen molar-refractivity contribution < 1.29 is 4.74 Å². The van der Waals surface area contributed by atoms with E-state index >= 15 is 0 Å². The van der Waals surface area contributed by atoms with Gasteiger partial charge in [0.25, 0.3) is 0 Å². The van der Waals surface area contributed by atoms with Crippen LogP contribution in [0.3, 0.4) is 0 Å². The van der Waals surface area contributed by atoms with Gasteiger partial charge in [-0.15, -0.1) is 0 Å². The lowest BCUT2D eigenvalue weighted by molar-refractivity contribution is 0.122. The number of benzene rings is 2. The monoisotopic (exact) mass is 394 g/mol. The summed E-state index contributed by atoms with van der Waals surface area (Å²) in [7, 11) is 0. The maximum atomic E-state index is 6.48. The van der Waals surface area contributed by atoms with E-state index in [2.05, 4.69) is 28.4 Å². The molecule has 3 aromatic rings. The van der Waals surface area contributed by atoms with Gasteiger partial charge >= 0.3 is 0 Å². The summed E-state index contributed by atoms with van der Waals surface area (Å²) < 4.78 is 5.49. The van der Waals surface area contributed by atoms with Crippen molar-refractivity contribution in [2.24, 2.45) is 0 Å². The van der Waals surface area contributed by atoms with Crippen LogP contribution in [0.1, 0.15) is 11.1 Å². The second-order valence-corrected chi connectivity index (χ2v) is 7.37. The normalized spacial score (nSPS) is 14.2. The molecule has 0 radical (unpaired) electrons. The second kappa shape index (κ2) is 8.17. The molecule has 0 amide bonds. The van der Waals surface area contributed by atoms with E-state index in [9.17, 15) is 0 Å². The Morgan fingerprint density at radius 3 is 2.46 bits per heavy atom. The number of aromatic nitrogens is 2. The summed E-state index contributed by atoms with van der Waals surface area (Å²) in [6.07, 6.45) is 0. The van der Waals surface area contributed by atoms with Crippen molar-refractivity contribution in [1.29, 1.82) is 0 Å². The minimum atomic E-state index is 0.539. The van der Waals surface area contributed by atoms with Crippen LogP contribution < -0.4 is 10.2 Å². The summed E-state index contributed by atoms with van der Waals surface area (Å²) >= 11 is 6.48. The number of nitrogens with zero attached hydrogens (tertiary/aromatic N) is 3. The predicted molar refractivity (Wildman–Crippen MR) is 115 cm³/mol. The minimum Gasteiger partial charge on any atom is -0.378 e. The smallest absolute Gasteiger partial charge is 0.229 e. The fourth-order valence-corrected chi connectivity index (χ4v) is 3.76. The van der Waals surface area contributed by atoms with Crippen molar-refractivity contribution in [3.63, 3.8) is 0 Å². The van der Waals surface area contributed by atoms with Crippen molar-refractivity contribution in [3.05, 3.63) is 64.7 Å². The molecule has 4 rings (SSSR count). The molecule has 6 heteroatoms. The van der Waals surface area contributed by atoms with Crippen molar-refractivity contribution in [3.8, 4) is 11.3 Å². The van der Waals surface area contributed by atoms with Gasteiger partial charge in [0.15, 0.2) is 0 Å². The molecule has 0 spiro atoms. The first-order valence-corrected chi connectivity index (χ1v) is 9.79. The lowest BCUT2D eigenvalue weighted by Gasteiger charge is -2.28. The number of hydrogen-bond donors (Lipinski definition) is 1. The average Bonchev–Trinajstić information content (AvgIpc) is 2.72. The first-order valence-electron chi connectivity index (χ1n) is 9.41. The van der Waals surface area contributed by atoms with Gasteiger partial charge < -0.3 is 15.0 Å². The van der Waals surface area contributed by atoms with E-state index in [1.165, 1.54) is 0 Å². The van der Waals surface area contributed by atoms with Crippen LogP contribution in [0, 0.1) is 13.8 Å². The molecule has 0 atom stereocenters. The van der Waals surface area contributed by atoms with Gasteiger partial charge in [-0.05, 0) is 31.0 Å². The Morgan fingerprint density at radius 1 is 1.00 bits per heavy atom. The van der Waals surface area contributed by atoms with Gasteiger partial charge in [0, 0.05) is 24.7 Å². The molecule has 1 aliphatic rings. The molecule has 1 aromatic heterocycles. The van der Waals surface area contributed by atoms with Crippen LogP contribution in [0.4, 0.5) is 17.5 Å². The van der Waals surface area contributed by atoms with Crippen LogP contribution in [0.15, 0.2) is 48.5 Å². The van der Waals surface area contributed by atoms with Crippen LogP contribution in [-0.2, 0) is 4.74 Å². The number of hydrogen-bond acceptors (Lipinski definition) is 5. The first kappa shape index (κ1) is 18.7. The Morgan fingerprint density at radius 2 is 1.75 bits per heavy atom. The maximum absolute atomic E-state index is 6.48. The summed E-state index contributed by atoms with van der Waals surface area (Å²) in [6, 6.07) is 16.2. The molecule has 28 heavy (non-hydrogen) atoms. The van der Waals surface area contributed by atoms with Gasteiger partial charge in [-0.2, -0.15) is 4.98 Å². The first-order chi connectivity index (χ1) is 13.6. The summed E-state index contributed by atoms with van der Waals surface area (Å²) in [5.74, 6) is 1.43. The third kappa shape index (κ3) is 4.11. The van der Waals surface area contributed by atoms with Crippen molar-refractivity contribution in [2.75, 3.05) is 36.5 Å². The van der Waals surface area contributed by atoms with E-state index in [1.54, 1.807) is 0 Å². The molecule has 1 N–H and O–H groups in total. The zero-order valence-electron chi connectivity index (χ0n) is 16.1. The predicted octanol–water partition coefficient (Wildman–Crippen LogP) is 4.99. The van der Waals surface area contributed by atoms with Gasteiger partial charge in [0.05, 0.1) is 29.6 Å². The Labute approximate surface area is 170 Å². The highest BCUT2D eigenvalue weighted by atomic mass is 35.5. The van der Waals surface area contributed by atoms with Crippen LogP contribution in [0.5, 0.6) is 0 Å². The molecule has 0 aliphatic carbocycles. The minimum absolute atomic E-state index is 0.539. The highest BCUT2D eigenvalue weighted by Gasteiger charge is 2.17. The molecular formula is C22H23ClN4O. The van der Waals surface area contributed by atoms with Crippen molar-refractivity contribution in [2.45, 2.75) is 13.8 Å². The maximum Gasteiger partial charge on any atom is 0.229 e. The zero-order valence-corrected chi connectivity index (χ0v) is 16.8. The molecule has 1 saturated heterocycles. The molecule has 0 bridgehead atoms. The quantitative estimate of drug-likeness (QED) is 0.675. The second-order valence-electron chi connectivity index (χ2n) is 6.96. The average molecular weight is 395 g/mol. The lowest BCUT2D eigenvalue weighted by atomic mass is 10.1. The van der Waals surface area contributed by atoms with Gasteiger partial charge in [-0.25, -0.2) is 4.98 Å². The number of morpholine rings is 1. The number of anilines is 3. The van der Waals surface area contributed by atoms with E-state index < -0.39 is 0 Å². The number of nitrogens with one attached hydrogen (secondary N) is 1. The van der Waals surface area contributed by atoms with Crippen molar-refractivity contribution in [1.82, 2.24) is 9.97 Å². The van der Waals surface area contributed by atoms with Gasteiger partial charge in [0.2, 0.25) is 5.95 Å². The fourth-order valence-electron chi connectivity index (χ4n) is 3.39. The topological polar surface area (TPSA) is 50.3 Å². The SMILES string of the molecule is Cc1cc(C)c(Nc2nc(-c3ccccc3)cc(N3CCOCC3)n2)c(Cl)c1. The molecule has 144 valence electrons. The van der Waals surface area contributed by atoms with Crippen LogP contribution in [0.2, 0.25) is 5.02 Å². The molecule has 0 unspecified atom stereocenters. The number of ether oxygens (including phenoxy) is 1. The Hall–Kier alpha value is -2.63. The van der Waals surface area contributed by atoms with E-state index in [-0.39, 0.29) is 0 Å². The van der Waals surface area contributed by atoms with Gasteiger partial charge in [0.1, 0.15) is 5.82 Å². The van der Waals surface area contributed by atoms with E-state index in [1.807, 2.05) is 44.2 Å². The highest BCUT2D eigenvalue weighted by molar-refractivity contribution is 6.33. The molecule has 1 aliphatic heterocycles. The molecule has 2 aromatic carbocycles. The Kier molecular flexibility index (Phi) is 5.46. The third-order valence-electron chi connectivity index (χ3n) is 4.79.